The summed E-state index contributed by atoms with van der Waals surface area (Å²) in [6.45, 7) is 6.31. The fraction of sp³-hybridized carbons (Fsp3) is 0.375. The quantitative estimate of drug-likeness (QED) is 0.888. The average Bonchev–Trinajstić information content (AvgIpc) is 2.88. The molecule has 110 valence electrons. The van der Waals surface area contributed by atoms with Gasteiger partial charge in [0.1, 0.15) is 5.82 Å². The summed E-state index contributed by atoms with van der Waals surface area (Å²) in [6, 6.07) is 6.41. The van der Waals surface area contributed by atoms with E-state index in [1.165, 1.54) is 12.1 Å². The molecule has 4 nitrogen and oxygen atoms in total. The number of nitrogens with zero attached hydrogens (tertiary/aromatic N) is 3. The van der Waals surface area contributed by atoms with Crippen LogP contribution in [-0.4, -0.2) is 16.1 Å². The second-order valence-corrected chi connectivity index (χ2v) is 5.48. The van der Waals surface area contributed by atoms with Crippen LogP contribution in [-0.2, 0) is 13.1 Å². The Morgan fingerprint density at radius 1 is 1.43 bits per heavy atom. The van der Waals surface area contributed by atoms with Gasteiger partial charge in [0.2, 0.25) is 0 Å². The van der Waals surface area contributed by atoms with Gasteiger partial charge in [-0.2, -0.15) is 5.26 Å². The van der Waals surface area contributed by atoms with Crippen molar-refractivity contribution in [1.29, 1.82) is 5.26 Å². The van der Waals surface area contributed by atoms with Crippen molar-refractivity contribution in [3.05, 3.63) is 53.4 Å². The van der Waals surface area contributed by atoms with Crippen molar-refractivity contribution in [3.8, 4) is 6.07 Å². The van der Waals surface area contributed by atoms with Crippen LogP contribution in [0.3, 0.4) is 0 Å². The summed E-state index contributed by atoms with van der Waals surface area (Å²) < 4.78 is 15.6. The van der Waals surface area contributed by atoms with E-state index in [9.17, 15) is 4.39 Å². The lowest BCUT2D eigenvalue weighted by atomic mass is 10.1. The summed E-state index contributed by atoms with van der Waals surface area (Å²) in [4.78, 5) is 4.29. The van der Waals surface area contributed by atoms with Gasteiger partial charge in [0.15, 0.2) is 0 Å². The molecule has 1 N–H and O–H groups in total. The molecule has 21 heavy (non-hydrogen) atoms. The predicted octanol–water partition coefficient (Wildman–Crippen LogP) is 2.69. The van der Waals surface area contributed by atoms with E-state index in [-0.39, 0.29) is 5.82 Å². The Balaban J connectivity index is 2.01. The number of nitrogens with one attached hydrogen (secondary N) is 1. The second-order valence-electron chi connectivity index (χ2n) is 5.48. The zero-order valence-electron chi connectivity index (χ0n) is 12.3. The van der Waals surface area contributed by atoms with Crippen molar-refractivity contribution in [1.82, 2.24) is 14.9 Å². The molecular weight excluding hydrogens is 267 g/mol. The van der Waals surface area contributed by atoms with Crippen molar-refractivity contribution in [2.45, 2.75) is 26.9 Å². The Kier molecular flexibility index (Phi) is 5.07. The van der Waals surface area contributed by atoms with E-state index in [0.29, 0.717) is 30.1 Å². The highest BCUT2D eigenvalue weighted by molar-refractivity contribution is 5.33. The number of imidazole rings is 1. The van der Waals surface area contributed by atoms with E-state index in [1.807, 2.05) is 16.8 Å². The minimum absolute atomic E-state index is 0.304. The van der Waals surface area contributed by atoms with Crippen LogP contribution in [0.25, 0.3) is 0 Å². The maximum absolute atomic E-state index is 13.7. The number of rotatable bonds is 6. The second kappa shape index (κ2) is 7.00. The third-order valence-electron chi connectivity index (χ3n) is 3.07. The number of halogens is 1. The van der Waals surface area contributed by atoms with Crippen LogP contribution >= 0.6 is 0 Å². The fourth-order valence-electron chi connectivity index (χ4n) is 2.04. The number of aromatic nitrogens is 2. The molecular formula is C16H19FN4. The van der Waals surface area contributed by atoms with Gasteiger partial charge in [0.05, 0.1) is 30.2 Å². The first-order chi connectivity index (χ1) is 10.1. The van der Waals surface area contributed by atoms with Gasteiger partial charge < -0.3 is 9.88 Å². The Bertz CT molecular complexity index is 640. The van der Waals surface area contributed by atoms with Gasteiger partial charge in [-0.05, 0) is 30.7 Å². The van der Waals surface area contributed by atoms with Crippen LogP contribution in [0.2, 0.25) is 0 Å². The Morgan fingerprint density at radius 2 is 2.24 bits per heavy atom. The lowest BCUT2D eigenvalue weighted by molar-refractivity contribution is 0.548. The number of benzene rings is 1. The summed E-state index contributed by atoms with van der Waals surface area (Å²) in [5.74, 6) is 0.289. The lowest BCUT2D eigenvalue weighted by Gasteiger charge is -2.05. The minimum atomic E-state index is -0.304. The van der Waals surface area contributed by atoms with Gasteiger partial charge in [-0.25, -0.2) is 9.37 Å². The average molecular weight is 286 g/mol. The zero-order valence-corrected chi connectivity index (χ0v) is 12.3. The molecule has 1 heterocycles. The molecule has 2 aromatic rings. The van der Waals surface area contributed by atoms with Crippen LogP contribution in [0.15, 0.2) is 30.7 Å². The van der Waals surface area contributed by atoms with Crippen LogP contribution < -0.4 is 5.32 Å². The molecule has 5 heteroatoms. The summed E-state index contributed by atoms with van der Waals surface area (Å²) in [6.07, 6.45) is 3.58. The molecule has 0 fully saturated rings. The lowest BCUT2D eigenvalue weighted by Crippen LogP contribution is -2.19. The third kappa shape index (κ3) is 4.40. The standard InChI is InChI=1S/C16H19FN4/c1-12(2)7-19-8-15-10-21(11-20-15)9-14-5-13(6-18)3-4-16(14)17/h3-5,10-12,19H,7-9H2,1-2H3. The summed E-state index contributed by atoms with van der Waals surface area (Å²) in [5.41, 5.74) is 1.88. The van der Waals surface area contributed by atoms with E-state index >= 15 is 0 Å². The van der Waals surface area contributed by atoms with E-state index < -0.39 is 0 Å². The fourth-order valence-corrected chi connectivity index (χ4v) is 2.04. The third-order valence-corrected chi connectivity index (χ3v) is 3.07. The molecule has 0 saturated heterocycles. The van der Waals surface area contributed by atoms with Crippen LogP contribution in [0, 0.1) is 23.1 Å². The van der Waals surface area contributed by atoms with Gasteiger partial charge >= 0.3 is 0 Å². The van der Waals surface area contributed by atoms with E-state index in [1.54, 1.807) is 12.4 Å². The van der Waals surface area contributed by atoms with Crippen molar-refractivity contribution in [3.63, 3.8) is 0 Å². The van der Waals surface area contributed by atoms with Crippen molar-refractivity contribution in [2.24, 2.45) is 5.92 Å². The van der Waals surface area contributed by atoms with Gasteiger partial charge in [-0.3, -0.25) is 0 Å². The van der Waals surface area contributed by atoms with E-state index in [4.69, 9.17) is 5.26 Å². The first-order valence-corrected chi connectivity index (χ1v) is 6.98. The van der Waals surface area contributed by atoms with Gasteiger partial charge in [-0.1, -0.05) is 13.8 Å². The molecule has 0 atom stereocenters. The number of hydrogen-bond donors (Lipinski definition) is 1. The maximum Gasteiger partial charge on any atom is 0.128 e. The highest BCUT2D eigenvalue weighted by Crippen LogP contribution is 2.12. The molecule has 0 spiro atoms. The Hall–Kier alpha value is -2.19. The van der Waals surface area contributed by atoms with Crippen molar-refractivity contribution in [2.75, 3.05) is 6.54 Å². The highest BCUT2D eigenvalue weighted by Gasteiger charge is 2.06. The van der Waals surface area contributed by atoms with Crippen molar-refractivity contribution >= 4 is 0 Å². The topological polar surface area (TPSA) is 53.6 Å². The minimum Gasteiger partial charge on any atom is -0.333 e. The normalized spacial score (nSPS) is 10.8. The molecule has 0 unspecified atom stereocenters. The summed E-state index contributed by atoms with van der Waals surface area (Å²) in [5, 5.41) is 12.2. The molecule has 0 aliphatic heterocycles. The zero-order chi connectivity index (χ0) is 15.2. The monoisotopic (exact) mass is 286 g/mol. The van der Waals surface area contributed by atoms with Crippen LogP contribution in [0.1, 0.15) is 30.7 Å². The first kappa shape index (κ1) is 15.2. The molecule has 0 aliphatic carbocycles. The van der Waals surface area contributed by atoms with E-state index in [2.05, 4.69) is 24.1 Å². The first-order valence-electron chi connectivity index (χ1n) is 6.98. The van der Waals surface area contributed by atoms with Gasteiger partial charge in [-0.15, -0.1) is 0 Å². The molecule has 0 bridgehead atoms. The molecule has 2 rings (SSSR count). The summed E-state index contributed by atoms with van der Waals surface area (Å²) >= 11 is 0. The summed E-state index contributed by atoms with van der Waals surface area (Å²) in [7, 11) is 0. The van der Waals surface area contributed by atoms with Gasteiger partial charge in [0.25, 0.3) is 0 Å². The SMILES string of the molecule is CC(C)CNCc1cn(Cc2cc(C#N)ccc2F)cn1. The Labute approximate surface area is 124 Å². The molecule has 0 radical (unpaired) electrons. The van der Waals surface area contributed by atoms with E-state index in [0.717, 1.165) is 12.2 Å². The number of hydrogen-bond acceptors (Lipinski definition) is 3. The predicted molar refractivity (Wildman–Crippen MR) is 79.0 cm³/mol. The van der Waals surface area contributed by atoms with Crippen LogP contribution in [0.4, 0.5) is 4.39 Å². The van der Waals surface area contributed by atoms with Gasteiger partial charge in [0, 0.05) is 18.3 Å². The molecule has 0 saturated carbocycles. The smallest absolute Gasteiger partial charge is 0.128 e. The largest absolute Gasteiger partial charge is 0.333 e. The molecule has 1 aromatic carbocycles. The molecule has 1 aromatic heterocycles. The van der Waals surface area contributed by atoms with Crippen molar-refractivity contribution < 1.29 is 4.39 Å². The van der Waals surface area contributed by atoms with Crippen LogP contribution in [0.5, 0.6) is 0 Å². The molecule has 0 aliphatic rings. The molecule has 0 amide bonds. The maximum atomic E-state index is 13.7. The Morgan fingerprint density at radius 3 is 2.95 bits per heavy atom. The number of nitriles is 1. The highest BCUT2D eigenvalue weighted by atomic mass is 19.1.